The summed E-state index contributed by atoms with van der Waals surface area (Å²) in [5, 5.41) is 22.3. The molecule has 16 heavy (non-hydrogen) atoms. The molecule has 0 aromatic heterocycles. The summed E-state index contributed by atoms with van der Waals surface area (Å²) < 4.78 is 0. The van der Waals surface area contributed by atoms with Crippen molar-refractivity contribution in [2.75, 3.05) is 13.1 Å². The number of amides is 2. The van der Waals surface area contributed by atoms with E-state index in [4.69, 9.17) is 10.2 Å². The van der Waals surface area contributed by atoms with Crippen molar-refractivity contribution in [3.63, 3.8) is 0 Å². The summed E-state index contributed by atoms with van der Waals surface area (Å²) in [6.07, 6.45) is 0.412. The van der Waals surface area contributed by atoms with Gasteiger partial charge in [0, 0.05) is 19.5 Å². The third-order valence-electron chi connectivity index (χ3n) is 1.76. The van der Waals surface area contributed by atoms with Gasteiger partial charge >= 0.3 is 12.0 Å². The van der Waals surface area contributed by atoms with Gasteiger partial charge in [0.25, 0.3) is 0 Å². The number of allylic oxidation sites excluding steroid dienone is 1. The standard InChI is InChI=1S/C10H18N2O4/c1-7(2)3-5-11-10(16)12-6-4-8(13)9(14)15/h3,8,13H,4-6H2,1-2H3,(H,14,15)(H2,11,12,16). The van der Waals surface area contributed by atoms with Gasteiger partial charge in [0.15, 0.2) is 6.10 Å². The van der Waals surface area contributed by atoms with E-state index < -0.39 is 12.1 Å². The predicted octanol–water partition coefficient (Wildman–Crippen LogP) is 0.0874. The number of carbonyl (C=O) groups excluding carboxylic acids is 1. The molecular weight excluding hydrogens is 212 g/mol. The van der Waals surface area contributed by atoms with Crippen LogP contribution >= 0.6 is 0 Å². The maximum absolute atomic E-state index is 11.1. The highest BCUT2D eigenvalue weighted by Crippen LogP contribution is 1.89. The molecule has 2 amide bonds. The predicted molar refractivity (Wildman–Crippen MR) is 59.1 cm³/mol. The average molecular weight is 230 g/mol. The quantitative estimate of drug-likeness (QED) is 0.486. The Kier molecular flexibility index (Phi) is 6.95. The molecule has 0 saturated carbocycles. The molecule has 0 radical (unpaired) electrons. The molecule has 0 aliphatic heterocycles. The second kappa shape index (κ2) is 7.70. The van der Waals surface area contributed by atoms with Crippen LogP contribution in [0.25, 0.3) is 0 Å². The Morgan fingerprint density at radius 2 is 1.94 bits per heavy atom. The fourth-order valence-electron chi connectivity index (χ4n) is 0.856. The molecule has 0 saturated heterocycles. The van der Waals surface area contributed by atoms with E-state index >= 15 is 0 Å². The van der Waals surface area contributed by atoms with Crippen LogP contribution in [0.5, 0.6) is 0 Å². The fourth-order valence-corrected chi connectivity index (χ4v) is 0.856. The zero-order valence-corrected chi connectivity index (χ0v) is 9.49. The van der Waals surface area contributed by atoms with Crippen molar-refractivity contribution in [3.05, 3.63) is 11.6 Å². The SMILES string of the molecule is CC(C)=CCNC(=O)NCCC(O)C(=O)O. The Morgan fingerprint density at radius 3 is 2.44 bits per heavy atom. The van der Waals surface area contributed by atoms with Crippen molar-refractivity contribution in [1.29, 1.82) is 0 Å². The van der Waals surface area contributed by atoms with Crippen LogP contribution in [0.2, 0.25) is 0 Å². The smallest absolute Gasteiger partial charge is 0.332 e. The lowest BCUT2D eigenvalue weighted by atomic mass is 10.2. The Hall–Kier alpha value is -1.56. The van der Waals surface area contributed by atoms with Crippen LogP contribution in [-0.4, -0.2) is 41.4 Å². The number of nitrogens with one attached hydrogen (secondary N) is 2. The van der Waals surface area contributed by atoms with Gasteiger partial charge in [0.1, 0.15) is 0 Å². The molecule has 0 fully saturated rings. The number of aliphatic hydroxyl groups is 1. The summed E-state index contributed by atoms with van der Waals surface area (Å²) in [4.78, 5) is 21.3. The number of carboxylic acids is 1. The highest BCUT2D eigenvalue weighted by atomic mass is 16.4. The van der Waals surface area contributed by atoms with E-state index in [0.717, 1.165) is 5.57 Å². The molecule has 0 bridgehead atoms. The topological polar surface area (TPSA) is 98.7 Å². The molecule has 0 spiro atoms. The first-order chi connectivity index (χ1) is 7.43. The van der Waals surface area contributed by atoms with E-state index in [1.807, 2.05) is 19.9 Å². The van der Waals surface area contributed by atoms with Crippen molar-refractivity contribution in [2.45, 2.75) is 26.4 Å². The van der Waals surface area contributed by atoms with Gasteiger partial charge in [0.2, 0.25) is 0 Å². The van der Waals surface area contributed by atoms with E-state index in [2.05, 4.69) is 10.6 Å². The molecule has 6 heteroatoms. The van der Waals surface area contributed by atoms with Gasteiger partial charge in [-0.25, -0.2) is 9.59 Å². The molecule has 92 valence electrons. The Bertz CT molecular complexity index is 272. The monoisotopic (exact) mass is 230 g/mol. The van der Waals surface area contributed by atoms with Gasteiger partial charge in [-0.05, 0) is 13.8 Å². The molecular formula is C10H18N2O4. The molecule has 1 atom stereocenters. The van der Waals surface area contributed by atoms with Crippen molar-refractivity contribution in [1.82, 2.24) is 10.6 Å². The van der Waals surface area contributed by atoms with Gasteiger partial charge in [-0.3, -0.25) is 0 Å². The maximum atomic E-state index is 11.1. The van der Waals surface area contributed by atoms with Gasteiger partial charge in [-0.15, -0.1) is 0 Å². The van der Waals surface area contributed by atoms with E-state index in [-0.39, 0.29) is 19.0 Å². The average Bonchev–Trinajstić information content (AvgIpc) is 2.16. The first-order valence-corrected chi connectivity index (χ1v) is 4.99. The molecule has 6 nitrogen and oxygen atoms in total. The lowest BCUT2D eigenvalue weighted by Gasteiger charge is -2.07. The second-order valence-electron chi connectivity index (χ2n) is 3.56. The van der Waals surface area contributed by atoms with Crippen molar-refractivity contribution in [2.24, 2.45) is 0 Å². The molecule has 0 aromatic carbocycles. The number of rotatable bonds is 6. The number of hydrogen-bond donors (Lipinski definition) is 4. The van der Waals surface area contributed by atoms with Crippen LogP contribution in [0.4, 0.5) is 4.79 Å². The highest BCUT2D eigenvalue weighted by Gasteiger charge is 2.12. The normalized spacial score (nSPS) is 11.4. The molecule has 0 aromatic rings. The Balaban J connectivity index is 3.59. The van der Waals surface area contributed by atoms with E-state index in [0.29, 0.717) is 6.54 Å². The highest BCUT2D eigenvalue weighted by molar-refractivity contribution is 5.74. The maximum Gasteiger partial charge on any atom is 0.332 e. The zero-order valence-electron chi connectivity index (χ0n) is 9.49. The first kappa shape index (κ1) is 14.4. The van der Waals surface area contributed by atoms with Crippen LogP contribution in [0.3, 0.4) is 0 Å². The summed E-state index contributed by atoms with van der Waals surface area (Å²) in [7, 11) is 0. The third-order valence-corrected chi connectivity index (χ3v) is 1.76. The number of aliphatic hydroxyl groups excluding tert-OH is 1. The summed E-state index contributed by atoms with van der Waals surface area (Å²) in [6.45, 7) is 4.38. The van der Waals surface area contributed by atoms with E-state index in [1.165, 1.54) is 0 Å². The number of urea groups is 1. The van der Waals surface area contributed by atoms with E-state index in [1.54, 1.807) is 0 Å². The minimum atomic E-state index is -1.43. The Morgan fingerprint density at radius 1 is 1.31 bits per heavy atom. The first-order valence-electron chi connectivity index (χ1n) is 4.99. The van der Waals surface area contributed by atoms with Gasteiger partial charge in [0.05, 0.1) is 0 Å². The third kappa shape index (κ3) is 7.81. The lowest BCUT2D eigenvalue weighted by Crippen LogP contribution is -2.37. The molecule has 0 heterocycles. The van der Waals surface area contributed by atoms with Crippen LogP contribution in [0.1, 0.15) is 20.3 Å². The van der Waals surface area contributed by atoms with Gasteiger partial charge in [-0.1, -0.05) is 11.6 Å². The van der Waals surface area contributed by atoms with Gasteiger partial charge in [-0.2, -0.15) is 0 Å². The second-order valence-corrected chi connectivity index (χ2v) is 3.56. The van der Waals surface area contributed by atoms with Crippen LogP contribution in [0.15, 0.2) is 11.6 Å². The largest absolute Gasteiger partial charge is 0.479 e. The number of carbonyl (C=O) groups is 2. The molecule has 0 aliphatic carbocycles. The van der Waals surface area contributed by atoms with Crippen molar-refractivity contribution < 1.29 is 19.8 Å². The van der Waals surface area contributed by atoms with Crippen LogP contribution < -0.4 is 10.6 Å². The van der Waals surface area contributed by atoms with Crippen molar-refractivity contribution >= 4 is 12.0 Å². The van der Waals surface area contributed by atoms with Gasteiger partial charge < -0.3 is 20.8 Å². The fraction of sp³-hybridized carbons (Fsp3) is 0.600. The summed E-state index contributed by atoms with van der Waals surface area (Å²) in [6, 6.07) is -0.380. The number of hydrogen-bond acceptors (Lipinski definition) is 3. The zero-order chi connectivity index (χ0) is 12.6. The molecule has 0 aliphatic rings. The number of carboxylic acid groups (broad SMARTS) is 1. The van der Waals surface area contributed by atoms with Crippen LogP contribution in [0, 0.1) is 0 Å². The van der Waals surface area contributed by atoms with E-state index in [9.17, 15) is 9.59 Å². The lowest BCUT2D eigenvalue weighted by molar-refractivity contribution is -0.146. The molecule has 1 unspecified atom stereocenters. The minimum absolute atomic E-state index is 0.00853. The van der Waals surface area contributed by atoms with Crippen LogP contribution in [-0.2, 0) is 4.79 Å². The number of aliphatic carboxylic acids is 1. The minimum Gasteiger partial charge on any atom is -0.479 e. The summed E-state index contributed by atoms with van der Waals surface area (Å²) >= 11 is 0. The Labute approximate surface area is 94.3 Å². The summed E-state index contributed by atoms with van der Waals surface area (Å²) in [5.41, 5.74) is 1.10. The molecule has 4 N–H and O–H groups in total. The molecule has 0 rings (SSSR count). The summed E-state index contributed by atoms with van der Waals surface area (Å²) in [5.74, 6) is -1.29. The van der Waals surface area contributed by atoms with Crippen molar-refractivity contribution in [3.8, 4) is 0 Å².